The molecule has 3 aliphatic rings. The van der Waals surface area contributed by atoms with Crippen LogP contribution >= 0.6 is 12.2 Å². The van der Waals surface area contributed by atoms with E-state index in [1.165, 1.54) is 31.7 Å². The summed E-state index contributed by atoms with van der Waals surface area (Å²) in [7, 11) is 0. The van der Waals surface area contributed by atoms with Crippen molar-refractivity contribution < 1.29 is 22.8 Å². The van der Waals surface area contributed by atoms with Crippen LogP contribution in [0.25, 0.3) is 0 Å². The number of hydrogen-bond acceptors (Lipinski definition) is 7. The van der Waals surface area contributed by atoms with Crippen molar-refractivity contribution in [2.75, 3.05) is 36.4 Å². The van der Waals surface area contributed by atoms with E-state index in [-0.39, 0.29) is 17.8 Å². The first kappa shape index (κ1) is 29.2. The minimum absolute atomic E-state index is 0.0470. The Morgan fingerprint density at radius 1 is 1.00 bits per heavy atom. The molecule has 0 unspecified atom stereocenters. The fourth-order valence-corrected chi connectivity index (χ4v) is 6.26. The van der Waals surface area contributed by atoms with Crippen LogP contribution in [0, 0.1) is 10.1 Å². The number of anilines is 2. The maximum Gasteiger partial charge on any atom is 0.423 e. The van der Waals surface area contributed by atoms with Crippen molar-refractivity contribution in [2.24, 2.45) is 0 Å². The van der Waals surface area contributed by atoms with Gasteiger partial charge in [-0.3, -0.25) is 10.1 Å². The molecule has 13 heteroatoms. The predicted octanol–water partition coefficient (Wildman–Crippen LogP) is 5.75. The molecule has 0 radical (unpaired) electrons. The minimum Gasteiger partial charge on any atom is -0.474 e. The summed E-state index contributed by atoms with van der Waals surface area (Å²) in [6, 6.07) is 7.45. The summed E-state index contributed by atoms with van der Waals surface area (Å²) in [5, 5.41) is 18.5. The topological polar surface area (TPSA) is 95.8 Å². The quantitative estimate of drug-likeness (QED) is 0.237. The number of alkyl halides is 3. The number of nitro benzene ring substituents is 1. The van der Waals surface area contributed by atoms with E-state index in [9.17, 15) is 23.3 Å². The molecule has 1 aromatic carbocycles. The summed E-state index contributed by atoms with van der Waals surface area (Å²) in [5.74, 6) is 0.560. The van der Waals surface area contributed by atoms with Crippen molar-refractivity contribution in [3.8, 4) is 5.88 Å². The fraction of sp³-hybridized carbons (Fsp3) is 0.571. The molecule has 5 rings (SSSR count). The number of hydrogen-bond donors (Lipinski definition) is 2. The van der Waals surface area contributed by atoms with E-state index < -0.39 is 22.4 Å². The van der Waals surface area contributed by atoms with Crippen molar-refractivity contribution in [3.63, 3.8) is 0 Å². The minimum atomic E-state index is -4.81. The SMILES string of the molecule is O=[N+]([O-])c1ccc(N[C@H]2CC[C@H](Oc3cc(N4CCN(C(=S)NC5CCCC5)CC4)ccn3)CC2)cc1C(F)(F)F. The van der Waals surface area contributed by atoms with Crippen LogP contribution < -0.4 is 20.3 Å². The molecule has 41 heavy (non-hydrogen) atoms. The number of halogens is 3. The number of benzene rings is 1. The van der Waals surface area contributed by atoms with Crippen LogP contribution in [0.5, 0.6) is 5.88 Å². The lowest BCUT2D eigenvalue weighted by Crippen LogP contribution is -2.53. The van der Waals surface area contributed by atoms with Gasteiger partial charge in [0.2, 0.25) is 5.88 Å². The maximum absolute atomic E-state index is 13.3. The average molecular weight is 593 g/mol. The molecule has 2 aromatic rings. The van der Waals surface area contributed by atoms with E-state index >= 15 is 0 Å². The number of nitrogens with one attached hydrogen (secondary N) is 2. The Bertz CT molecular complexity index is 1230. The summed E-state index contributed by atoms with van der Waals surface area (Å²) < 4.78 is 46.2. The Balaban J connectivity index is 1.09. The first-order valence-electron chi connectivity index (χ1n) is 14.2. The van der Waals surface area contributed by atoms with Gasteiger partial charge in [0.05, 0.1) is 4.92 Å². The molecule has 1 saturated heterocycles. The Morgan fingerprint density at radius 2 is 1.71 bits per heavy atom. The van der Waals surface area contributed by atoms with Gasteiger partial charge in [-0.05, 0) is 68.9 Å². The van der Waals surface area contributed by atoms with Crippen LogP contribution in [0.4, 0.5) is 30.2 Å². The van der Waals surface area contributed by atoms with Gasteiger partial charge in [-0.1, -0.05) is 12.8 Å². The van der Waals surface area contributed by atoms with Crippen LogP contribution in [0.2, 0.25) is 0 Å². The van der Waals surface area contributed by atoms with Crippen molar-refractivity contribution in [2.45, 2.75) is 75.7 Å². The zero-order chi connectivity index (χ0) is 29.0. The molecule has 2 saturated carbocycles. The monoisotopic (exact) mass is 592 g/mol. The van der Waals surface area contributed by atoms with Crippen LogP contribution in [0.1, 0.15) is 56.9 Å². The van der Waals surface area contributed by atoms with Crippen molar-refractivity contribution in [1.29, 1.82) is 0 Å². The molecule has 0 spiro atoms. The Hall–Kier alpha value is -3.35. The van der Waals surface area contributed by atoms with Gasteiger partial charge in [0.15, 0.2) is 5.11 Å². The van der Waals surface area contributed by atoms with Gasteiger partial charge < -0.3 is 25.2 Å². The maximum atomic E-state index is 13.3. The number of thiocarbonyl (C=S) groups is 1. The van der Waals surface area contributed by atoms with Gasteiger partial charge in [0, 0.05) is 68.0 Å². The largest absolute Gasteiger partial charge is 0.474 e. The van der Waals surface area contributed by atoms with Crippen molar-refractivity contribution >= 4 is 34.4 Å². The van der Waals surface area contributed by atoms with Crippen LogP contribution in [0.15, 0.2) is 36.5 Å². The molecular weight excluding hydrogens is 557 g/mol. The lowest BCUT2D eigenvalue weighted by molar-refractivity contribution is -0.388. The zero-order valence-electron chi connectivity index (χ0n) is 22.7. The van der Waals surface area contributed by atoms with E-state index in [1.807, 2.05) is 12.1 Å². The fourth-order valence-electron chi connectivity index (χ4n) is 5.91. The third-order valence-corrected chi connectivity index (χ3v) is 8.54. The first-order chi connectivity index (χ1) is 19.7. The Labute approximate surface area is 242 Å². The van der Waals surface area contributed by atoms with E-state index in [0.29, 0.717) is 37.6 Å². The lowest BCUT2D eigenvalue weighted by Gasteiger charge is -2.38. The molecular formula is C28H35F3N6O3S. The number of nitrogens with zero attached hydrogens (tertiary/aromatic N) is 4. The van der Waals surface area contributed by atoms with Crippen LogP contribution in [-0.2, 0) is 6.18 Å². The van der Waals surface area contributed by atoms with Gasteiger partial charge in [0.1, 0.15) is 11.7 Å². The highest BCUT2D eigenvalue weighted by atomic mass is 32.1. The van der Waals surface area contributed by atoms with Crippen LogP contribution in [0.3, 0.4) is 0 Å². The van der Waals surface area contributed by atoms with Crippen molar-refractivity contribution in [1.82, 2.24) is 15.2 Å². The normalized spacial score (nSPS) is 21.9. The van der Waals surface area contributed by atoms with Crippen LogP contribution in [-0.4, -0.2) is 64.3 Å². The molecule has 3 fully saturated rings. The predicted molar refractivity (Wildman–Crippen MR) is 154 cm³/mol. The second-order valence-corrected chi connectivity index (χ2v) is 11.4. The number of nitro groups is 1. The molecule has 1 aliphatic heterocycles. The Morgan fingerprint density at radius 3 is 2.37 bits per heavy atom. The zero-order valence-corrected chi connectivity index (χ0v) is 23.6. The summed E-state index contributed by atoms with van der Waals surface area (Å²) >= 11 is 5.65. The molecule has 9 nitrogen and oxygen atoms in total. The Kier molecular flexibility index (Phi) is 9.00. The van der Waals surface area contributed by atoms with Gasteiger partial charge in [-0.15, -0.1) is 0 Å². The summed E-state index contributed by atoms with van der Waals surface area (Å²) in [6.07, 6.45) is 4.65. The van der Waals surface area contributed by atoms with E-state index in [4.69, 9.17) is 17.0 Å². The summed E-state index contributed by atoms with van der Waals surface area (Å²) in [5.41, 5.74) is -0.924. The van der Waals surface area contributed by atoms with E-state index in [2.05, 4.69) is 25.4 Å². The standard InChI is InChI=1S/C28H35F3N6O3S/c29-28(30,31)24-17-21(7-10-25(24)37(38)39)33-20-5-8-23(9-6-20)40-26-18-22(11-12-32-26)35-13-15-36(16-14-35)27(41)34-19-3-1-2-4-19/h7,10-12,17-20,23,33H,1-6,8-9,13-16H2,(H,34,41)/t20-,23-. The van der Waals surface area contributed by atoms with E-state index in [1.54, 1.807) is 6.20 Å². The number of rotatable bonds is 7. The van der Waals surface area contributed by atoms with Gasteiger partial charge in [-0.25, -0.2) is 4.98 Å². The highest BCUT2D eigenvalue weighted by molar-refractivity contribution is 7.80. The molecule has 0 atom stereocenters. The molecule has 2 heterocycles. The lowest BCUT2D eigenvalue weighted by atomic mass is 9.92. The second kappa shape index (κ2) is 12.7. The summed E-state index contributed by atoms with van der Waals surface area (Å²) in [4.78, 5) is 19.0. The van der Waals surface area contributed by atoms with Crippen molar-refractivity contribution in [3.05, 3.63) is 52.2 Å². The average Bonchev–Trinajstić information content (AvgIpc) is 3.47. The third kappa shape index (κ3) is 7.49. The molecule has 0 bridgehead atoms. The highest BCUT2D eigenvalue weighted by Crippen LogP contribution is 2.38. The molecule has 2 aliphatic carbocycles. The first-order valence-corrected chi connectivity index (χ1v) is 14.6. The van der Waals surface area contributed by atoms with Gasteiger partial charge >= 0.3 is 6.18 Å². The molecule has 2 N–H and O–H groups in total. The van der Waals surface area contributed by atoms with E-state index in [0.717, 1.165) is 49.1 Å². The highest BCUT2D eigenvalue weighted by Gasteiger charge is 2.38. The van der Waals surface area contributed by atoms with Gasteiger partial charge in [0.25, 0.3) is 5.69 Å². The summed E-state index contributed by atoms with van der Waals surface area (Å²) in [6.45, 7) is 3.41. The molecule has 222 valence electrons. The number of aromatic nitrogens is 1. The number of piperazine rings is 1. The number of ether oxygens (including phenoxy) is 1. The molecule has 0 amide bonds. The third-order valence-electron chi connectivity index (χ3n) is 8.16. The second-order valence-electron chi connectivity index (χ2n) is 11.0. The van der Waals surface area contributed by atoms with Gasteiger partial charge in [-0.2, -0.15) is 13.2 Å². The smallest absolute Gasteiger partial charge is 0.423 e. The number of pyridine rings is 1. The molecule has 1 aromatic heterocycles.